The van der Waals surface area contributed by atoms with Crippen molar-refractivity contribution in [3.8, 4) is 0 Å². The van der Waals surface area contributed by atoms with E-state index in [1.807, 2.05) is 0 Å². The monoisotopic (exact) mass is 286 g/mol. The number of hydrogen-bond donors (Lipinski definition) is 1. The number of benzene rings is 1. The summed E-state index contributed by atoms with van der Waals surface area (Å²) in [6, 6.07) is 9.68. The first-order valence-corrected chi connectivity index (χ1v) is 8.43. The summed E-state index contributed by atoms with van der Waals surface area (Å²) < 4.78 is 5.86. The predicted octanol–water partition coefficient (Wildman–Crippen LogP) is 2.55. The molecule has 0 aromatic heterocycles. The van der Waals surface area contributed by atoms with Gasteiger partial charge in [-0.15, -0.1) is 0 Å². The minimum atomic E-state index is 0.322. The SMILES string of the molecule is c1ccc2c(c1)CN(CC1(CNC3CC3)CCCOC1)C2. The Bertz CT molecular complexity index is 467. The predicted molar refractivity (Wildman–Crippen MR) is 84.1 cm³/mol. The molecule has 1 aliphatic carbocycles. The molecular formula is C18H26N2O. The van der Waals surface area contributed by atoms with E-state index in [0.717, 1.165) is 38.9 Å². The minimum Gasteiger partial charge on any atom is -0.381 e. The number of rotatable bonds is 5. The summed E-state index contributed by atoms with van der Waals surface area (Å²) in [5, 5.41) is 3.76. The number of fused-ring (bicyclic) bond motifs is 1. The Morgan fingerprint density at radius 2 is 1.95 bits per heavy atom. The van der Waals surface area contributed by atoms with E-state index in [2.05, 4.69) is 34.5 Å². The van der Waals surface area contributed by atoms with Crippen molar-refractivity contribution in [2.75, 3.05) is 26.3 Å². The summed E-state index contributed by atoms with van der Waals surface area (Å²) in [6.45, 7) is 6.40. The number of hydrogen-bond acceptors (Lipinski definition) is 3. The molecule has 0 spiro atoms. The Morgan fingerprint density at radius 1 is 1.19 bits per heavy atom. The van der Waals surface area contributed by atoms with Crippen molar-refractivity contribution in [3.63, 3.8) is 0 Å². The van der Waals surface area contributed by atoms with Crippen LogP contribution in [-0.2, 0) is 17.8 Å². The lowest BCUT2D eigenvalue weighted by molar-refractivity contribution is -0.0272. The molecule has 114 valence electrons. The van der Waals surface area contributed by atoms with Crippen molar-refractivity contribution >= 4 is 0 Å². The molecule has 1 aromatic rings. The van der Waals surface area contributed by atoms with Gasteiger partial charge in [-0.2, -0.15) is 0 Å². The topological polar surface area (TPSA) is 24.5 Å². The van der Waals surface area contributed by atoms with Crippen LogP contribution in [0.4, 0.5) is 0 Å². The van der Waals surface area contributed by atoms with Gasteiger partial charge in [0.2, 0.25) is 0 Å². The van der Waals surface area contributed by atoms with Crippen molar-refractivity contribution in [1.82, 2.24) is 10.2 Å². The first-order chi connectivity index (χ1) is 10.3. The molecule has 2 fully saturated rings. The summed E-state index contributed by atoms with van der Waals surface area (Å²) in [6.07, 6.45) is 5.25. The largest absolute Gasteiger partial charge is 0.381 e. The van der Waals surface area contributed by atoms with Gasteiger partial charge in [0, 0.05) is 44.2 Å². The Hall–Kier alpha value is -0.900. The van der Waals surface area contributed by atoms with E-state index in [4.69, 9.17) is 4.74 Å². The highest BCUT2D eigenvalue weighted by atomic mass is 16.5. The van der Waals surface area contributed by atoms with Crippen LogP contribution in [0.2, 0.25) is 0 Å². The summed E-state index contributed by atoms with van der Waals surface area (Å²) in [5.41, 5.74) is 3.35. The third-order valence-electron chi connectivity index (χ3n) is 5.21. The fraction of sp³-hybridized carbons (Fsp3) is 0.667. The first-order valence-electron chi connectivity index (χ1n) is 8.43. The van der Waals surface area contributed by atoms with Crippen molar-refractivity contribution < 1.29 is 4.74 Å². The Labute approximate surface area is 127 Å². The highest BCUT2D eigenvalue weighted by molar-refractivity contribution is 5.30. The molecule has 0 amide bonds. The molecule has 0 radical (unpaired) electrons. The molecule has 3 nitrogen and oxygen atoms in total. The Morgan fingerprint density at radius 3 is 2.57 bits per heavy atom. The lowest BCUT2D eigenvalue weighted by atomic mass is 9.81. The average molecular weight is 286 g/mol. The molecule has 1 saturated heterocycles. The number of nitrogens with zero attached hydrogens (tertiary/aromatic N) is 1. The van der Waals surface area contributed by atoms with E-state index < -0.39 is 0 Å². The van der Waals surface area contributed by atoms with E-state index in [9.17, 15) is 0 Å². The fourth-order valence-electron chi connectivity index (χ4n) is 3.87. The average Bonchev–Trinajstić information content (AvgIpc) is 3.25. The van der Waals surface area contributed by atoms with E-state index in [1.54, 1.807) is 0 Å². The zero-order chi connectivity index (χ0) is 14.1. The summed E-state index contributed by atoms with van der Waals surface area (Å²) in [7, 11) is 0. The van der Waals surface area contributed by atoms with Crippen LogP contribution >= 0.6 is 0 Å². The van der Waals surface area contributed by atoms with Crippen LogP contribution in [0.15, 0.2) is 24.3 Å². The summed E-state index contributed by atoms with van der Waals surface area (Å²) >= 11 is 0. The van der Waals surface area contributed by atoms with E-state index in [-0.39, 0.29) is 0 Å². The lowest BCUT2D eigenvalue weighted by Gasteiger charge is -2.40. The lowest BCUT2D eigenvalue weighted by Crippen LogP contribution is -2.48. The van der Waals surface area contributed by atoms with Gasteiger partial charge in [-0.1, -0.05) is 24.3 Å². The zero-order valence-electron chi connectivity index (χ0n) is 12.8. The van der Waals surface area contributed by atoms with Gasteiger partial charge in [-0.25, -0.2) is 0 Å². The van der Waals surface area contributed by atoms with E-state index >= 15 is 0 Å². The second kappa shape index (κ2) is 5.71. The van der Waals surface area contributed by atoms with Crippen LogP contribution in [0, 0.1) is 5.41 Å². The molecule has 3 aliphatic rings. The molecule has 2 heterocycles. The number of ether oxygens (including phenoxy) is 1. The fourth-order valence-corrected chi connectivity index (χ4v) is 3.87. The number of nitrogens with one attached hydrogen (secondary N) is 1. The van der Waals surface area contributed by atoms with Gasteiger partial charge in [0.25, 0.3) is 0 Å². The van der Waals surface area contributed by atoms with Crippen LogP contribution in [0.1, 0.15) is 36.8 Å². The maximum Gasteiger partial charge on any atom is 0.0546 e. The molecule has 1 saturated carbocycles. The maximum atomic E-state index is 5.86. The van der Waals surface area contributed by atoms with Gasteiger partial charge in [0.15, 0.2) is 0 Å². The molecular weight excluding hydrogens is 260 g/mol. The standard InChI is InChI=1S/C18H26N2O/c1-2-5-16-11-20(10-15(16)4-1)13-18(8-3-9-21-14-18)12-19-17-6-7-17/h1-2,4-5,17,19H,3,6-14H2. The van der Waals surface area contributed by atoms with Gasteiger partial charge in [-0.05, 0) is 36.8 Å². The molecule has 21 heavy (non-hydrogen) atoms. The third kappa shape index (κ3) is 3.15. The van der Waals surface area contributed by atoms with Crippen molar-refractivity contribution in [3.05, 3.63) is 35.4 Å². The third-order valence-corrected chi connectivity index (χ3v) is 5.21. The molecule has 1 unspecified atom stereocenters. The first kappa shape index (κ1) is 13.7. The molecule has 4 rings (SSSR count). The van der Waals surface area contributed by atoms with Crippen LogP contribution in [0.25, 0.3) is 0 Å². The van der Waals surface area contributed by atoms with Crippen LogP contribution in [-0.4, -0.2) is 37.2 Å². The second-order valence-electron chi connectivity index (χ2n) is 7.23. The second-order valence-corrected chi connectivity index (χ2v) is 7.23. The van der Waals surface area contributed by atoms with E-state index in [1.165, 1.54) is 43.4 Å². The molecule has 3 heteroatoms. The van der Waals surface area contributed by atoms with Crippen molar-refractivity contribution in [2.24, 2.45) is 5.41 Å². The highest BCUT2D eigenvalue weighted by Crippen LogP contribution is 2.33. The van der Waals surface area contributed by atoms with Gasteiger partial charge < -0.3 is 10.1 Å². The highest BCUT2D eigenvalue weighted by Gasteiger charge is 2.37. The van der Waals surface area contributed by atoms with Gasteiger partial charge >= 0.3 is 0 Å². The van der Waals surface area contributed by atoms with Crippen LogP contribution < -0.4 is 5.32 Å². The molecule has 1 aromatic carbocycles. The van der Waals surface area contributed by atoms with Crippen molar-refractivity contribution in [1.29, 1.82) is 0 Å². The summed E-state index contributed by atoms with van der Waals surface area (Å²) in [4.78, 5) is 2.62. The molecule has 0 bridgehead atoms. The molecule has 2 aliphatic heterocycles. The molecule has 1 atom stereocenters. The van der Waals surface area contributed by atoms with Gasteiger partial charge in [-0.3, -0.25) is 4.90 Å². The van der Waals surface area contributed by atoms with Crippen LogP contribution in [0.3, 0.4) is 0 Å². The quantitative estimate of drug-likeness (QED) is 0.900. The van der Waals surface area contributed by atoms with Gasteiger partial charge in [0.05, 0.1) is 6.61 Å². The van der Waals surface area contributed by atoms with Crippen LogP contribution in [0.5, 0.6) is 0 Å². The van der Waals surface area contributed by atoms with Gasteiger partial charge in [0.1, 0.15) is 0 Å². The summed E-state index contributed by atoms with van der Waals surface area (Å²) in [5.74, 6) is 0. The normalized spacial score (nSPS) is 29.5. The smallest absolute Gasteiger partial charge is 0.0546 e. The Kier molecular flexibility index (Phi) is 3.74. The molecule has 1 N–H and O–H groups in total. The van der Waals surface area contributed by atoms with Crippen molar-refractivity contribution in [2.45, 2.75) is 44.8 Å². The minimum absolute atomic E-state index is 0.322. The zero-order valence-corrected chi connectivity index (χ0v) is 12.8. The Balaban J connectivity index is 1.42. The van der Waals surface area contributed by atoms with E-state index in [0.29, 0.717) is 5.41 Å². The maximum absolute atomic E-state index is 5.86.